The summed E-state index contributed by atoms with van der Waals surface area (Å²) in [6.07, 6.45) is 0.0617. The zero-order valence-electron chi connectivity index (χ0n) is 21.8. The van der Waals surface area contributed by atoms with Gasteiger partial charge in [0.15, 0.2) is 0 Å². The maximum atomic E-state index is 13.5. The number of carbonyl (C=O) groups is 1. The Labute approximate surface area is 228 Å². The second-order valence-corrected chi connectivity index (χ2v) is 12.5. The number of fused-ring (bicyclic) bond motifs is 1. The molecule has 212 valence electrons. The fourth-order valence-electron chi connectivity index (χ4n) is 5.74. The maximum Gasteiger partial charge on any atom is 0.243 e. The first-order valence-corrected chi connectivity index (χ1v) is 15.0. The number of aliphatic hydroxyl groups is 1. The number of halogens is 1. The number of sulfonamides is 1. The summed E-state index contributed by atoms with van der Waals surface area (Å²) < 4.78 is 53.5. The van der Waals surface area contributed by atoms with Crippen LogP contribution in [0, 0.1) is 5.82 Å². The van der Waals surface area contributed by atoms with Crippen LogP contribution in [0.5, 0.6) is 0 Å². The summed E-state index contributed by atoms with van der Waals surface area (Å²) in [6.45, 7) is 2.49. The Morgan fingerprint density at radius 3 is 2.56 bits per heavy atom. The lowest BCUT2D eigenvalue weighted by atomic mass is 9.96. The van der Waals surface area contributed by atoms with Gasteiger partial charge in [0.05, 0.1) is 48.9 Å². The monoisotopic (exact) mass is 561 g/mol. The van der Waals surface area contributed by atoms with Crippen LogP contribution in [-0.4, -0.2) is 91.9 Å². The van der Waals surface area contributed by atoms with E-state index in [0.29, 0.717) is 12.8 Å². The number of carbonyl (C=O) groups excluding carboxylic acids is 1. The van der Waals surface area contributed by atoms with E-state index in [-0.39, 0.29) is 49.1 Å². The molecule has 0 aromatic heterocycles. The molecule has 1 amide bonds. The molecule has 0 radical (unpaired) electrons. The van der Waals surface area contributed by atoms with Crippen molar-refractivity contribution in [2.45, 2.75) is 67.5 Å². The molecule has 5 rings (SSSR count). The van der Waals surface area contributed by atoms with Crippen molar-refractivity contribution in [1.82, 2.24) is 14.5 Å². The van der Waals surface area contributed by atoms with Crippen LogP contribution in [0.2, 0.25) is 0 Å². The molecule has 3 fully saturated rings. The number of nitrogens with one attached hydrogen (secondary N) is 1. The number of aliphatic hydroxyl groups excluding tert-OH is 1. The van der Waals surface area contributed by atoms with E-state index in [1.54, 1.807) is 0 Å². The van der Waals surface area contributed by atoms with Crippen LogP contribution in [-0.2, 0) is 30.8 Å². The van der Waals surface area contributed by atoms with Gasteiger partial charge < -0.3 is 19.9 Å². The first-order valence-electron chi connectivity index (χ1n) is 13.5. The number of hydrogen-bond donors (Lipinski definition) is 2. The second-order valence-electron chi connectivity index (χ2n) is 10.6. The Morgan fingerprint density at radius 2 is 1.79 bits per heavy atom. The second kappa shape index (κ2) is 12.4. The Hall–Kier alpha value is -2.41. The van der Waals surface area contributed by atoms with Crippen molar-refractivity contribution >= 4 is 15.9 Å². The van der Waals surface area contributed by atoms with Gasteiger partial charge in [-0.2, -0.15) is 4.31 Å². The van der Waals surface area contributed by atoms with Crippen LogP contribution in [0.1, 0.15) is 31.2 Å². The molecule has 39 heavy (non-hydrogen) atoms. The van der Waals surface area contributed by atoms with Crippen molar-refractivity contribution in [3.63, 3.8) is 0 Å². The van der Waals surface area contributed by atoms with E-state index in [1.165, 1.54) is 22.0 Å². The Balaban J connectivity index is 1.18. The van der Waals surface area contributed by atoms with E-state index < -0.39 is 34.1 Å². The number of rotatable bonds is 7. The molecule has 0 unspecified atom stereocenters. The fourth-order valence-corrected chi connectivity index (χ4v) is 7.46. The Morgan fingerprint density at radius 1 is 1.03 bits per heavy atom. The van der Waals surface area contributed by atoms with Gasteiger partial charge in [-0.3, -0.25) is 9.69 Å². The van der Waals surface area contributed by atoms with Crippen LogP contribution in [0.25, 0.3) is 0 Å². The van der Waals surface area contributed by atoms with Gasteiger partial charge in [0.2, 0.25) is 15.9 Å². The fraction of sp³-hybridized carbons (Fsp3) is 0.536. The molecule has 2 aromatic rings. The SMILES string of the molecule is O=C(C[C@@H]1CC[C@H]2[C@@H](COC[C@H](O)CN2S(=O)(=O)c2ccc(F)cc2)O1)N[C@H]1CCN(Cc2ccccc2)C1. The lowest BCUT2D eigenvalue weighted by Gasteiger charge is -2.43. The number of likely N-dealkylation sites (tertiary alicyclic amines) is 1. The normalized spacial score (nSPS) is 28.8. The van der Waals surface area contributed by atoms with E-state index in [2.05, 4.69) is 22.3 Å². The van der Waals surface area contributed by atoms with E-state index in [1.807, 2.05) is 18.2 Å². The van der Waals surface area contributed by atoms with Gasteiger partial charge in [0.1, 0.15) is 5.82 Å². The van der Waals surface area contributed by atoms with Crippen molar-refractivity contribution in [1.29, 1.82) is 0 Å². The van der Waals surface area contributed by atoms with Crippen molar-refractivity contribution in [3.8, 4) is 0 Å². The standard InChI is InChI=1S/C28H36FN3O6S/c29-21-6-9-25(10-7-21)39(35,36)32-17-23(33)18-37-19-27-26(32)11-8-24(38-27)14-28(34)30-22-12-13-31(16-22)15-20-4-2-1-3-5-20/h1-7,9-10,22-24,26-27,33H,8,11-19H2,(H,30,34)/t22-,23+,24-,26-,27+/m0/s1. The average Bonchev–Trinajstić information content (AvgIpc) is 3.33. The molecule has 3 heterocycles. The van der Waals surface area contributed by atoms with Crippen LogP contribution in [0.3, 0.4) is 0 Å². The van der Waals surface area contributed by atoms with Gasteiger partial charge in [-0.25, -0.2) is 12.8 Å². The molecule has 3 saturated heterocycles. The first-order chi connectivity index (χ1) is 18.8. The highest BCUT2D eigenvalue weighted by Crippen LogP contribution is 2.31. The molecule has 3 aliphatic rings. The predicted octanol–water partition coefficient (Wildman–Crippen LogP) is 1.90. The van der Waals surface area contributed by atoms with Crippen molar-refractivity contribution < 1.29 is 32.2 Å². The molecule has 2 N–H and O–H groups in total. The van der Waals surface area contributed by atoms with Crippen molar-refractivity contribution in [2.75, 3.05) is 32.8 Å². The number of nitrogens with zero attached hydrogens (tertiary/aromatic N) is 2. The lowest BCUT2D eigenvalue weighted by Crippen LogP contribution is -2.57. The maximum absolute atomic E-state index is 13.5. The summed E-state index contributed by atoms with van der Waals surface area (Å²) in [4.78, 5) is 15.2. The van der Waals surface area contributed by atoms with Crippen LogP contribution < -0.4 is 5.32 Å². The number of β-amino-alcohol motifs (C(OH)–C–C–N with tert-alkyl or cyclic N) is 1. The highest BCUT2D eigenvalue weighted by Gasteiger charge is 2.43. The lowest BCUT2D eigenvalue weighted by molar-refractivity contribution is -0.146. The van der Waals surface area contributed by atoms with Gasteiger partial charge in [-0.1, -0.05) is 30.3 Å². The topological polar surface area (TPSA) is 108 Å². The zero-order valence-corrected chi connectivity index (χ0v) is 22.6. The number of hydrogen-bond acceptors (Lipinski definition) is 7. The summed E-state index contributed by atoms with van der Waals surface area (Å²) in [5.41, 5.74) is 1.25. The minimum Gasteiger partial charge on any atom is -0.389 e. The van der Waals surface area contributed by atoms with Crippen molar-refractivity contribution in [2.24, 2.45) is 0 Å². The van der Waals surface area contributed by atoms with E-state index in [0.717, 1.165) is 38.2 Å². The summed E-state index contributed by atoms with van der Waals surface area (Å²) in [6, 6.07) is 14.4. The molecule has 0 saturated carbocycles. The first kappa shape index (κ1) is 28.1. The zero-order chi connectivity index (χ0) is 27.4. The highest BCUT2D eigenvalue weighted by atomic mass is 32.2. The van der Waals surface area contributed by atoms with Crippen LogP contribution in [0.4, 0.5) is 4.39 Å². The smallest absolute Gasteiger partial charge is 0.243 e. The minimum absolute atomic E-state index is 0.0334. The number of benzene rings is 2. The summed E-state index contributed by atoms with van der Waals surface area (Å²) in [5.74, 6) is -0.612. The number of ether oxygens (including phenoxy) is 2. The van der Waals surface area contributed by atoms with Gasteiger partial charge in [0.25, 0.3) is 0 Å². The summed E-state index contributed by atoms with van der Waals surface area (Å²) >= 11 is 0. The van der Waals surface area contributed by atoms with Gasteiger partial charge in [-0.05, 0) is 49.1 Å². The summed E-state index contributed by atoms with van der Waals surface area (Å²) in [7, 11) is -4.02. The van der Waals surface area contributed by atoms with Gasteiger partial charge in [0, 0.05) is 32.2 Å². The molecule has 0 spiro atoms. The molecule has 9 nitrogen and oxygen atoms in total. The molecule has 2 aromatic carbocycles. The Kier molecular flexibility index (Phi) is 8.95. The predicted molar refractivity (Wildman–Crippen MR) is 142 cm³/mol. The Bertz CT molecular complexity index is 1220. The molecular formula is C28H36FN3O6S. The van der Waals surface area contributed by atoms with Crippen LogP contribution >= 0.6 is 0 Å². The van der Waals surface area contributed by atoms with Crippen molar-refractivity contribution in [3.05, 3.63) is 66.0 Å². The molecule has 5 atom stereocenters. The quantitative estimate of drug-likeness (QED) is 0.532. The van der Waals surface area contributed by atoms with Crippen LogP contribution in [0.15, 0.2) is 59.5 Å². The molecule has 11 heteroatoms. The molecule has 3 aliphatic heterocycles. The third-order valence-electron chi connectivity index (χ3n) is 7.65. The molecule has 0 aliphatic carbocycles. The molecule has 0 bridgehead atoms. The van der Waals surface area contributed by atoms with E-state index in [4.69, 9.17) is 9.47 Å². The third kappa shape index (κ3) is 7.03. The largest absolute Gasteiger partial charge is 0.389 e. The highest BCUT2D eigenvalue weighted by molar-refractivity contribution is 7.89. The third-order valence-corrected chi connectivity index (χ3v) is 9.56. The molecular weight excluding hydrogens is 525 g/mol. The van der Waals surface area contributed by atoms with Gasteiger partial charge >= 0.3 is 0 Å². The van der Waals surface area contributed by atoms with Gasteiger partial charge in [-0.15, -0.1) is 0 Å². The minimum atomic E-state index is -4.02. The van der Waals surface area contributed by atoms with E-state index in [9.17, 15) is 22.7 Å². The van der Waals surface area contributed by atoms with E-state index >= 15 is 0 Å². The number of amides is 1. The summed E-state index contributed by atoms with van der Waals surface area (Å²) in [5, 5.41) is 13.5. The average molecular weight is 562 g/mol.